The maximum atomic E-state index is 11.6. The molecule has 1 aliphatic heterocycles. The highest BCUT2D eigenvalue weighted by molar-refractivity contribution is 5.77. The van der Waals surface area contributed by atoms with Crippen LogP contribution in [-0.2, 0) is 4.79 Å². The van der Waals surface area contributed by atoms with Gasteiger partial charge in [0.25, 0.3) is 0 Å². The number of piperidine rings is 1. The zero-order valence-electron chi connectivity index (χ0n) is 11.5. The second-order valence-electron chi connectivity index (χ2n) is 5.06. The molecular formula is C13H21N5O. The highest BCUT2D eigenvalue weighted by Crippen LogP contribution is 2.13. The summed E-state index contributed by atoms with van der Waals surface area (Å²) in [4.78, 5) is 23.8. The van der Waals surface area contributed by atoms with Gasteiger partial charge in [-0.1, -0.05) is 0 Å². The molecule has 0 bridgehead atoms. The molecule has 0 spiro atoms. The van der Waals surface area contributed by atoms with E-state index < -0.39 is 0 Å². The van der Waals surface area contributed by atoms with E-state index in [4.69, 9.17) is 0 Å². The first-order chi connectivity index (χ1) is 9.15. The topological polar surface area (TPSA) is 61.4 Å². The van der Waals surface area contributed by atoms with Crippen LogP contribution in [-0.4, -0.2) is 65.4 Å². The quantitative estimate of drug-likeness (QED) is 0.854. The first-order valence-corrected chi connectivity index (χ1v) is 6.61. The summed E-state index contributed by atoms with van der Waals surface area (Å²) in [5.74, 6) is 0.850. The third-order valence-corrected chi connectivity index (χ3v) is 3.34. The van der Waals surface area contributed by atoms with Gasteiger partial charge in [-0.15, -0.1) is 0 Å². The summed E-state index contributed by atoms with van der Waals surface area (Å²) < 4.78 is 0. The lowest BCUT2D eigenvalue weighted by molar-refractivity contribution is -0.130. The summed E-state index contributed by atoms with van der Waals surface area (Å²) in [5, 5.41) is 3.33. The third kappa shape index (κ3) is 4.17. The summed E-state index contributed by atoms with van der Waals surface area (Å²) >= 11 is 0. The molecule has 1 aromatic heterocycles. The van der Waals surface area contributed by atoms with Crippen molar-refractivity contribution >= 4 is 11.9 Å². The van der Waals surface area contributed by atoms with E-state index in [1.54, 1.807) is 37.5 Å². The molecule has 6 heteroatoms. The lowest BCUT2D eigenvalue weighted by Gasteiger charge is -2.32. The predicted octanol–water partition coefficient (Wildman–Crippen LogP) is 0.441. The smallest absolute Gasteiger partial charge is 0.236 e. The van der Waals surface area contributed by atoms with Crippen molar-refractivity contribution in [1.82, 2.24) is 19.8 Å². The Morgan fingerprint density at radius 2 is 2.00 bits per heavy atom. The van der Waals surface area contributed by atoms with Crippen molar-refractivity contribution in [2.45, 2.75) is 18.9 Å². The molecule has 1 aliphatic rings. The molecular weight excluding hydrogens is 242 g/mol. The van der Waals surface area contributed by atoms with Gasteiger partial charge in [0.15, 0.2) is 0 Å². The molecule has 19 heavy (non-hydrogen) atoms. The van der Waals surface area contributed by atoms with E-state index in [0.29, 0.717) is 18.5 Å². The van der Waals surface area contributed by atoms with Crippen molar-refractivity contribution in [3.8, 4) is 0 Å². The molecule has 0 aliphatic carbocycles. The first kappa shape index (κ1) is 13.7. The Morgan fingerprint density at radius 3 is 2.58 bits per heavy atom. The largest absolute Gasteiger partial charge is 0.351 e. The minimum Gasteiger partial charge on any atom is -0.351 e. The minimum atomic E-state index is 0.165. The zero-order valence-corrected chi connectivity index (χ0v) is 11.5. The molecule has 0 radical (unpaired) electrons. The summed E-state index contributed by atoms with van der Waals surface area (Å²) in [7, 11) is 3.59. The number of rotatable bonds is 4. The first-order valence-electron chi connectivity index (χ1n) is 6.61. The van der Waals surface area contributed by atoms with Crippen molar-refractivity contribution in [2.24, 2.45) is 0 Å². The average Bonchev–Trinajstić information content (AvgIpc) is 2.42. The average molecular weight is 263 g/mol. The maximum absolute atomic E-state index is 11.6. The molecule has 104 valence electrons. The van der Waals surface area contributed by atoms with Crippen LogP contribution < -0.4 is 5.32 Å². The Balaban J connectivity index is 1.75. The summed E-state index contributed by atoms with van der Waals surface area (Å²) in [5.41, 5.74) is 0. The van der Waals surface area contributed by atoms with Crippen LogP contribution in [0.4, 0.5) is 5.95 Å². The van der Waals surface area contributed by atoms with Gasteiger partial charge < -0.3 is 10.2 Å². The van der Waals surface area contributed by atoms with Crippen molar-refractivity contribution in [1.29, 1.82) is 0 Å². The minimum absolute atomic E-state index is 0.165. The van der Waals surface area contributed by atoms with E-state index in [9.17, 15) is 4.79 Å². The molecule has 0 atom stereocenters. The Morgan fingerprint density at radius 1 is 1.37 bits per heavy atom. The highest BCUT2D eigenvalue weighted by atomic mass is 16.2. The number of amides is 1. The Labute approximate surface area is 113 Å². The fraction of sp³-hybridized carbons (Fsp3) is 0.615. The number of likely N-dealkylation sites (N-methyl/N-ethyl adjacent to an activating group) is 1. The fourth-order valence-corrected chi connectivity index (χ4v) is 2.12. The standard InChI is InChI=1S/C13H21N5O/c1-17(2)12(19)10-18-8-4-11(5-9-18)16-13-14-6-3-7-15-13/h3,6-7,11H,4-5,8-10H2,1-2H3,(H,14,15,16). The SMILES string of the molecule is CN(C)C(=O)CN1CCC(Nc2ncccn2)CC1. The van der Waals surface area contributed by atoms with Crippen LogP contribution in [0, 0.1) is 0 Å². The summed E-state index contributed by atoms with van der Waals surface area (Å²) in [6.45, 7) is 2.38. The Hall–Kier alpha value is -1.69. The predicted molar refractivity (Wildman–Crippen MR) is 73.8 cm³/mol. The maximum Gasteiger partial charge on any atom is 0.236 e. The van der Waals surface area contributed by atoms with Gasteiger partial charge in [0.05, 0.1) is 6.54 Å². The van der Waals surface area contributed by atoms with Crippen molar-refractivity contribution in [2.75, 3.05) is 39.0 Å². The number of hydrogen-bond donors (Lipinski definition) is 1. The second-order valence-corrected chi connectivity index (χ2v) is 5.06. The normalized spacial score (nSPS) is 17.2. The number of anilines is 1. The van der Waals surface area contributed by atoms with Crippen LogP contribution in [0.15, 0.2) is 18.5 Å². The lowest BCUT2D eigenvalue weighted by Crippen LogP contribution is -2.44. The van der Waals surface area contributed by atoms with Crippen LogP contribution in [0.5, 0.6) is 0 Å². The van der Waals surface area contributed by atoms with E-state index in [1.807, 2.05) is 0 Å². The van der Waals surface area contributed by atoms with Gasteiger partial charge in [-0.25, -0.2) is 9.97 Å². The van der Waals surface area contributed by atoms with Gasteiger partial charge in [0, 0.05) is 45.6 Å². The molecule has 2 rings (SSSR count). The van der Waals surface area contributed by atoms with Gasteiger partial charge >= 0.3 is 0 Å². The van der Waals surface area contributed by atoms with Crippen LogP contribution in [0.1, 0.15) is 12.8 Å². The molecule has 1 amide bonds. The van der Waals surface area contributed by atoms with E-state index in [2.05, 4.69) is 20.2 Å². The van der Waals surface area contributed by atoms with Crippen LogP contribution in [0.2, 0.25) is 0 Å². The highest BCUT2D eigenvalue weighted by Gasteiger charge is 2.21. The van der Waals surface area contributed by atoms with E-state index in [1.165, 1.54) is 0 Å². The summed E-state index contributed by atoms with van der Waals surface area (Å²) in [6.07, 6.45) is 5.50. The van der Waals surface area contributed by atoms with Crippen LogP contribution in [0.3, 0.4) is 0 Å². The van der Waals surface area contributed by atoms with Crippen LogP contribution >= 0.6 is 0 Å². The molecule has 2 heterocycles. The molecule has 6 nitrogen and oxygen atoms in total. The monoisotopic (exact) mass is 263 g/mol. The Bertz CT molecular complexity index is 401. The Kier molecular flexibility index (Phi) is 4.68. The number of carbonyl (C=O) groups is 1. The van der Waals surface area contributed by atoms with Crippen LogP contribution in [0.25, 0.3) is 0 Å². The van der Waals surface area contributed by atoms with E-state index in [0.717, 1.165) is 25.9 Å². The fourth-order valence-electron chi connectivity index (χ4n) is 2.12. The number of hydrogen-bond acceptors (Lipinski definition) is 5. The van der Waals surface area contributed by atoms with Gasteiger partial charge in [-0.05, 0) is 18.9 Å². The van der Waals surface area contributed by atoms with Gasteiger partial charge in [-0.3, -0.25) is 9.69 Å². The number of likely N-dealkylation sites (tertiary alicyclic amines) is 1. The number of aromatic nitrogens is 2. The summed E-state index contributed by atoms with van der Waals surface area (Å²) in [6, 6.07) is 2.20. The molecule has 0 aromatic carbocycles. The zero-order chi connectivity index (χ0) is 13.7. The van der Waals surface area contributed by atoms with E-state index >= 15 is 0 Å². The van der Waals surface area contributed by atoms with Gasteiger partial charge in [-0.2, -0.15) is 0 Å². The van der Waals surface area contributed by atoms with Crippen molar-refractivity contribution in [3.05, 3.63) is 18.5 Å². The lowest BCUT2D eigenvalue weighted by atomic mass is 10.1. The number of nitrogens with one attached hydrogen (secondary N) is 1. The van der Waals surface area contributed by atoms with Gasteiger partial charge in [0.1, 0.15) is 0 Å². The molecule has 0 unspecified atom stereocenters. The van der Waals surface area contributed by atoms with Crippen molar-refractivity contribution < 1.29 is 4.79 Å². The molecule has 1 saturated heterocycles. The van der Waals surface area contributed by atoms with Crippen molar-refractivity contribution in [3.63, 3.8) is 0 Å². The van der Waals surface area contributed by atoms with E-state index in [-0.39, 0.29) is 5.91 Å². The molecule has 1 aromatic rings. The molecule has 1 N–H and O–H groups in total. The van der Waals surface area contributed by atoms with Gasteiger partial charge in [0.2, 0.25) is 11.9 Å². The third-order valence-electron chi connectivity index (χ3n) is 3.34. The number of nitrogens with zero attached hydrogens (tertiary/aromatic N) is 4. The molecule has 0 saturated carbocycles. The molecule has 1 fully saturated rings. The number of carbonyl (C=O) groups excluding carboxylic acids is 1. The second kappa shape index (κ2) is 6.47.